The van der Waals surface area contributed by atoms with Crippen molar-refractivity contribution in [3.8, 4) is 0 Å². The van der Waals surface area contributed by atoms with E-state index in [1.807, 2.05) is 25.1 Å². The van der Waals surface area contributed by atoms with Gasteiger partial charge in [0.1, 0.15) is 10.7 Å². The molecule has 1 saturated heterocycles. The summed E-state index contributed by atoms with van der Waals surface area (Å²) in [6.07, 6.45) is 2.83. The summed E-state index contributed by atoms with van der Waals surface area (Å²) in [4.78, 5) is 26.2. The number of nitrogens with zero attached hydrogens (tertiary/aromatic N) is 3. The number of hydrogen-bond donors (Lipinski definition) is 0. The minimum Gasteiger partial charge on any atom is -0.401 e. The minimum absolute atomic E-state index is 0.147. The first-order valence-electron chi connectivity index (χ1n) is 8.16. The van der Waals surface area contributed by atoms with E-state index >= 15 is 0 Å². The molecule has 8 heteroatoms. The van der Waals surface area contributed by atoms with Crippen molar-refractivity contribution in [1.29, 1.82) is 0 Å². The normalized spacial score (nSPS) is 14.8. The largest absolute Gasteiger partial charge is 0.433 e. The predicted molar refractivity (Wildman–Crippen MR) is 99.4 cm³/mol. The summed E-state index contributed by atoms with van der Waals surface area (Å²) < 4.78 is 5.00. The van der Waals surface area contributed by atoms with Crippen LogP contribution in [0.4, 0.5) is 11.6 Å². The van der Waals surface area contributed by atoms with Gasteiger partial charge >= 0.3 is 5.88 Å². The second-order valence-corrected chi connectivity index (χ2v) is 6.45. The summed E-state index contributed by atoms with van der Waals surface area (Å²) in [7, 11) is 0. The van der Waals surface area contributed by atoms with Crippen molar-refractivity contribution in [2.75, 3.05) is 31.1 Å². The number of nitro groups is 1. The van der Waals surface area contributed by atoms with Crippen molar-refractivity contribution in [3.05, 3.63) is 62.9 Å². The van der Waals surface area contributed by atoms with Gasteiger partial charge in [0.25, 0.3) is 0 Å². The van der Waals surface area contributed by atoms with E-state index < -0.39 is 4.92 Å². The molecule has 1 aliphatic rings. The number of furan rings is 1. The van der Waals surface area contributed by atoms with Crippen molar-refractivity contribution < 1.29 is 14.1 Å². The zero-order chi connectivity index (χ0) is 18.7. The summed E-state index contributed by atoms with van der Waals surface area (Å²) in [5.41, 5.74) is 2.23. The number of piperazine rings is 1. The first-order valence-corrected chi connectivity index (χ1v) is 8.54. The number of aryl methyl sites for hydroxylation is 1. The van der Waals surface area contributed by atoms with E-state index in [1.165, 1.54) is 24.3 Å². The van der Waals surface area contributed by atoms with Crippen LogP contribution < -0.4 is 4.90 Å². The SMILES string of the molecule is Cc1ccc(Cl)cc1N1CCN(C(=O)/C=C/c2ccc([N+](=O)[O-])o2)CC1. The molecule has 3 rings (SSSR count). The monoisotopic (exact) mass is 375 g/mol. The third kappa shape index (κ3) is 4.05. The first-order chi connectivity index (χ1) is 12.4. The molecule has 1 aliphatic heterocycles. The summed E-state index contributed by atoms with van der Waals surface area (Å²) in [6, 6.07) is 8.51. The molecule has 136 valence electrons. The number of hydrogen-bond acceptors (Lipinski definition) is 5. The van der Waals surface area contributed by atoms with Crippen LogP contribution in [0.25, 0.3) is 6.08 Å². The minimum atomic E-state index is -0.615. The molecule has 0 spiro atoms. The number of benzene rings is 1. The molecular formula is C18H18ClN3O4. The first kappa shape index (κ1) is 18.0. The molecule has 0 aliphatic carbocycles. The number of anilines is 1. The number of halogens is 1. The molecule has 2 aromatic rings. The highest BCUT2D eigenvalue weighted by Gasteiger charge is 2.21. The molecule has 26 heavy (non-hydrogen) atoms. The van der Waals surface area contributed by atoms with Crippen LogP contribution in [0.5, 0.6) is 0 Å². The van der Waals surface area contributed by atoms with Crippen molar-refractivity contribution in [2.45, 2.75) is 6.92 Å². The highest BCUT2D eigenvalue weighted by atomic mass is 35.5. The quantitative estimate of drug-likeness (QED) is 0.464. The standard InChI is InChI=1S/C18H18ClN3O4/c1-13-2-3-14(19)12-16(13)20-8-10-21(11-9-20)17(23)6-4-15-5-7-18(26-15)22(24)25/h2-7,12H,8-11H2,1H3/b6-4+. The van der Waals surface area contributed by atoms with Crippen molar-refractivity contribution in [2.24, 2.45) is 0 Å². The lowest BCUT2D eigenvalue weighted by Crippen LogP contribution is -2.48. The van der Waals surface area contributed by atoms with Crippen LogP contribution in [-0.4, -0.2) is 41.9 Å². The molecule has 1 aromatic carbocycles. The fourth-order valence-corrected chi connectivity index (χ4v) is 3.05. The van der Waals surface area contributed by atoms with Gasteiger partial charge in [-0.1, -0.05) is 17.7 Å². The Morgan fingerprint density at radius 3 is 2.62 bits per heavy atom. The fraction of sp³-hybridized carbons (Fsp3) is 0.278. The number of carbonyl (C=O) groups is 1. The Bertz CT molecular complexity index is 854. The molecule has 1 amide bonds. The molecule has 7 nitrogen and oxygen atoms in total. The molecule has 0 radical (unpaired) electrons. The summed E-state index contributed by atoms with van der Waals surface area (Å²) >= 11 is 6.08. The van der Waals surface area contributed by atoms with Gasteiger partial charge < -0.3 is 14.2 Å². The Hall–Kier alpha value is -2.80. The van der Waals surface area contributed by atoms with E-state index in [0.717, 1.165) is 11.3 Å². The molecule has 0 atom stereocenters. The van der Waals surface area contributed by atoms with Gasteiger partial charge in [-0.05, 0) is 36.8 Å². The van der Waals surface area contributed by atoms with Crippen molar-refractivity contribution in [3.63, 3.8) is 0 Å². The average Bonchev–Trinajstić information content (AvgIpc) is 3.11. The van der Waals surface area contributed by atoms with Gasteiger partial charge in [0.15, 0.2) is 0 Å². The fourth-order valence-electron chi connectivity index (χ4n) is 2.88. The van der Waals surface area contributed by atoms with Crippen LogP contribution in [-0.2, 0) is 4.79 Å². The van der Waals surface area contributed by atoms with Crippen LogP contribution >= 0.6 is 11.6 Å². The molecule has 0 bridgehead atoms. The second kappa shape index (κ2) is 7.61. The Kier molecular flexibility index (Phi) is 5.27. The molecule has 0 saturated carbocycles. The lowest BCUT2D eigenvalue weighted by atomic mass is 10.1. The molecule has 1 aromatic heterocycles. The van der Waals surface area contributed by atoms with E-state index in [2.05, 4.69) is 4.90 Å². The second-order valence-electron chi connectivity index (χ2n) is 6.01. The van der Waals surface area contributed by atoms with Crippen LogP contribution in [0.1, 0.15) is 11.3 Å². The molecule has 1 fully saturated rings. The predicted octanol–water partition coefficient (Wildman–Crippen LogP) is 3.51. The van der Waals surface area contributed by atoms with Gasteiger partial charge in [-0.2, -0.15) is 0 Å². The maximum atomic E-state index is 12.3. The van der Waals surface area contributed by atoms with E-state index in [9.17, 15) is 14.9 Å². The maximum Gasteiger partial charge on any atom is 0.433 e. The van der Waals surface area contributed by atoms with Crippen molar-refractivity contribution in [1.82, 2.24) is 4.90 Å². The number of amides is 1. The van der Waals surface area contributed by atoms with E-state index in [0.29, 0.717) is 31.2 Å². The van der Waals surface area contributed by atoms with Crippen LogP contribution in [0.3, 0.4) is 0 Å². The Morgan fingerprint density at radius 1 is 1.23 bits per heavy atom. The summed E-state index contributed by atoms with van der Waals surface area (Å²) in [5, 5.41) is 11.3. The Balaban J connectivity index is 1.58. The summed E-state index contributed by atoms with van der Waals surface area (Å²) in [6.45, 7) is 4.65. The highest BCUT2D eigenvalue weighted by Crippen LogP contribution is 2.25. The van der Waals surface area contributed by atoms with Gasteiger partial charge in [0.05, 0.1) is 6.07 Å². The zero-order valence-corrected chi connectivity index (χ0v) is 15.0. The zero-order valence-electron chi connectivity index (χ0n) is 14.2. The van der Waals surface area contributed by atoms with Gasteiger partial charge in [0, 0.05) is 43.0 Å². The van der Waals surface area contributed by atoms with Crippen LogP contribution in [0.15, 0.2) is 40.8 Å². The topological polar surface area (TPSA) is 79.8 Å². The lowest BCUT2D eigenvalue weighted by Gasteiger charge is -2.36. The van der Waals surface area contributed by atoms with Gasteiger partial charge in [0.2, 0.25) is 5.91 Å². The van der Waals surface area contributed by atoms with Gasteiger partial charge in [-0.25, -0.2) is 0 Å². The Labute approximate surface area is 155 Å². The lowest BCUT2D eigenvalue weighted by molar-refractivity contribution is -0.402. The average molecular weight is 376 g/mol. The van der Waals surface area contributed by atoms with Crippen molar-refractivity contribution >= 4 is 35.2 Å². The Morgan fingerprint density at radius 2 is 1.96 bits per heavy atom. The molecule has 2 heterocycles. The smallest absolute Gasteiger partial charge is 0.401 e. The number of carbonyl (C=O) groups excluding carboxylic acids is 1. The molecule has 0 N–H and O–H groups in total. The molecular weight excluding hydrogens is 358 g/mol. The van der Waals surface area contributed by atoms with Gasteiger partial charge in [-0.3, -0.25) is 14.9 Å². The van der Waals surface area contributed by atoms with Crippen LogP contribution in [0.2, 0.25) is 5.02 Å². The van der Waals surface area contributed by atoms with E-state index in [1.54, 1.807) is 4.90 Å². The third-order valence-corrected chi connectivity index (χ3v) is 4.52. The van der Waals surface area contributed by atoms with E-state index in [-0.39, 0.29) is 17.6 Å². The van der Waals surface area contributed by atoms with Crippen LogP contribution in [0, 0.1) is 17.0 Å². The van der Waals surface area contributed by atoms with Gasteiger partial charge in [-0.15, -0.1) is 0 Å². The summed E-state index contributed by atoms with van der Waals surface area (Å²) in [5.74, 6) is -0.215. The highest BCUT2D eigenvalue weighted by molar-refractivity contribution is 6.30. The number of rotatable bonds is 4. The molecule has 0 unspecified atom stereocenters. The van der Waals surface area contributed by atoms with E-state index in [4.69, 9.17) is 16.0 Å². The third-order valence-electron chi connectivity index (χ3n) is 4.29. The maximum absolute atomic E-state index is 12.3.